The third kappa shape index (κ3) is 2.46. The molecule has 1 aromatic carbocycles. The van der Waals surface area contributed by atoms with Crippen LogP contribution in [0.4, 0.5) is 5.69 Å². The summed E-state index contributed by atoms with van der Waals surface area (Å²) in [4.78, 5) is 10.3. The van der Waals surface area contributed by atoms with Gasteiger partial charge in [0.15, 0.2) is 0 Å². The van der Waals surface area contributed by atoms with Gasteiger partial charge >= 0.3 is 0 Å². The minimum atomic E-state index is -0.376. The Bertz CT molecular complexity index is 385. The van der Waals surface area contributed by atoms with E-state index in [2.05, 4.69) is 0 Å². The Balaban J connectivity index is 2.27. The number of aryl methyl sites for hydroxylation is 1. The molecule has 0 radical (unpaired) electrons. The molecule has 2 rings (SSSR count). The fourth-order valence-electron chi connectivity index (χ4n) is 1.40. The molecular weight excluding hydrogens is 194 g/mol. The van der Waals surface area contributed by atoms with E-state index in [-0.39, 0.29) is 16.7 Å². The number of rotatable bonds is 4. The van der Waals surface area contributed by atoms with Crippen LogP contribution in [0.1, 0.15) is 25.3 Å². The molecule has 0 spiro atoms. The van der Waals surface area contributed by atoms with Gasteiger partial charge in [-0.05, 0) is 30.9 Å². The van der Waals surface area contributed by atoms with Crippen molar-refractivity contribution in [1.29, 1.82) is 0 Å². The van der Waals surface area contributed by atoms with Gasteiger partial charge < -0.3 is 4.74 Å². The van der Waals surface area contributed by atoms with Gasteiger partial charge in [-0.15, -0.1) is 0 Å². The maximum absolute atomic E-state index is 10.7. The van der Waals surface area contributed by atoms with Crippen molar-refractivity contribution in [1.82, 2.24) is 0 Å². The smallest absolute Gasteiger partial charge is 0.273 e. The topological polar surface area (TPSA) is 52.4 Å². The van der Waals surface area contributed by atoms with E-state index in [9.17, 15) is 10.1 Å². The third-order valence-corrected chi connectivity index (χ3v) is 2.40. The fourth-order valence-corrected chi connectivity index (χ4v) is 1.40. The molecule has 15 heavy (non-hydrogen) atoms. The zero-order valence-corrected chi connectivity index (χ0v) is 8.60. The van der Waals surface area contributed by atoms with Crippen LogP contribution in [0.5, 0.6) is 5.75 Å². The highest BCUT2D eigenvalue weighted by Gasteiger charge is 2.24. The summed E-state index contributed by atoms with van der Waals surface area (Å²) < 4.78 is 5.55. The molecule has 0 aliphatic heterocycles. The standard InChI is InChI=1S/C11H13NO3/c1-2-8-5-9(12(13)14)7-11(6-8)15-10-3-4-10/h5-7,10H,2-4H2,1H3. The van der Waals surface area contributed by atoms with E-state index in [1.807, 2.05) is 13.0 Å². The number of ether oxygens (including phenoxy) is 1. The minimum Gasteiger partial charge on any atom is -0.490 e. The molecule has 1 aromatic rings. The maximum Gasteiger partial charge on any atom is 0.273 e. The molecule has 0 unspecified atom stereocenters. The predicted molar refractivity (Wildman–Crippen MR) is 56.1 cm³/mol. The highest BCUT2D eigenvalue weighted by atomic mass is 16.6. The first-order valence-electron chi connectivity index (χ1n) is 5.14. The van der Waals surface area contributed by atoms with Crippen molar-refractivity contribution >= 4 is 5.69 Å². The van der Waals surface area contributed by atoms with E-state index < -0.39 is 0 Å². The number of hydrogen-bond donors (Lipinski definition) is 0. The van der Waals surface area contributed by atoms with E-state index >= 15 is 0 Å². The lowest BCUT2D eigenvalue weighted by Crippen LogP contribution is -1.98. The summed E-state index contributed by atoms with van der Waals surface area (Å²) in [6.07, 6.45) is 3.17. The van der Waals surface area contributed by atoms with Gasteiger partial charge in [-0.3, -0.25) is 10.1 Å². The molecule has 4 nitrogen and oxygen atoms in total. The Kier molecular flexibility index (Phi) is 2.58. The summed E-state index contributed by atoms with van der Waals surface area (Å²) in [5.74, 6) is 0.628. The number of benzene rings is 1. The Morgan fingerprint density at radius 2 is 2.20 bits per heavy atom. The van der Waals surface area contributed by atoms with Crippen LogP contribution in [0.25, 0.3) is 0 Å². The molecule has 1 aliphatic rings. The van der Waals surface area contributed by atoms with Crippen LogP contribution >= 0.6 is 0 Å². The van der Waals surface area contributed by atoms with E-state index in [1.54, 1.807) is 6.07 Å². The van der Waals surface area contributed by atoms with Crippen molar-refractivity contribution in [2.75, 3.05) is 0 Å². The Hall–Kier alpha value is -1.58. The summed E-state index contributed by atoms with van der Waals surface area (Å²) in [6.45, 7) is 1.97. The van der Waals surface area contributed by atoms with Gasteiger partial charge in [0.05, 0.1) is 17.1 Å². The number of nitro benzene ring substituents is 1. The molecule has 0 amide bonds. The Morgan fingerprint density at radius 3 is 2.73 bits per heavy atom. The summed E-state index contributed by atoms with van der Waals surface area (Å²) in [5, 5.41) is 10.7. The molecule has 1 aliphatic carbocycles. The molecule has 1 fully saturated rings. The second kappa shape index (κ2) is 3.88. The normalized spacial score (nSPS) is 15.0. The highest BCUT2D eigenvalue weighted by molar-refractivity contribution is 5.43. The molecule has 1 saturated carbocycles. The minimum absolute atomic E-state index is 0.116. The molecule has 0 N–H and O–H groups in total. The lowest BCUT2D eigenvalue weighted by molar-refractivity contribution is -0.385. The third-order valence-electron chi connectivity index (χ3n) is 2.40. The van der Waals surface area contributed by atoms with Crippen LogP contribution in [0, 0.1) is 10.1 Å². The van der Waals surface area contributed by atoms with E-state index in [0.717, 1.165) is 24.8 Å². The van der Waals surface area contributed by atoms with Gasteiger partial charge in [-0.25, -0.2) is 0 Å². The van der Waals surface area contributed by atoms with Crippen LogP contribution in [-0.4, -0.2) is 11.0 Å². The quantitative estimate of drug-likeness (QED) is 0.563. The van der Waals surface area contributed by atoms with Crippen LogP contribution < -0.4 is 4.74 Å². The lowest BCUT2D eigenvalue weighted by atomic mass is 10.1. The second-order valence-corrected chi connectivity index (χ2v) is 3.76. The number of nitrogens with zero attached hydrogens (tertiary/aromatic N) is 1. The largest absolute Gasteiger partial charge is 0.490 e. The monoisotopic (exact) mass is 207 g/mol. The first kappa shape index (κ1) is 9.96. The average Bonchev–Trinajstić information content (AvgIpc) is 3.01. The van der Waals surface area contributed by atoms with Crippen molar-refractivity contribution in [3.8, 4) is 5.75 Å². The molecule has 0 saturated heterocycles. The van der Waals surface area contributed by atoms with Gasteiger partial charge in [-0.2, -0.15) is 0 Å². The van der Waals surface area contributed by atoms with Gasteiger partial charge in [0.2, 0.25) is 0 Å². The average molecular weight is 207 g/mol. The van der Waals surface area contributed by atoms with Crippen molar-refractivity contribution < 1.29 is 9.66 Å². The summed E-state index contributed by atoms with van der Waals surface area (Å²) in [7, 11) is 0. The van der Waals surface area contributed by atoms with Gasteiger partial charge in [-0.1, -0.05) is 6.92 Å². The SMILES string of the molecule is CCc1cc(OC2CC2)cc([N+](=O)[O-])c1. The van der Waals surface area contributed by atoms with Crippen LogP contribution in [-0.2, 0) is 6.42 Å². The summed E-state index contributed by atoms with van der Waals surface area (Å²) in [6, 6.07) is 4.97. The maximum atomic E-state index is 10.7. The number of hydrogen-bond acceptors (Lipinski definition) is 3. The molecule has 0 aromatic heterocycles. The first-order valence-corrected chi connectivity index (χ1v) is 5.14. The van der Waals surface area contributed by atoms with E-state index in [0.29, 0.717) is 5.75 Å². The van der Waals surface area contributed by atoms with Crippen LogP contribution in [0.3, 0.4) is 0 Å². The summed E-state index contributed by atoms with van der Waals surface area (Å²) >= 11 is 0. The fraction of sp³-hybridized carbons (Fsp3) is 0.455. The van der Waals surface area contributed by atoms with Gasteiger partial charge in [0.1, 0.15) is 5.75 Å². The Labute approximate surface area is 88.0 Å². The molecule has 0 bridgehead atoms. The van der Waals surface area contributed by atoms with Gasteiger partial charge in [0, 0.05) is 6.07 Å². The predicted octanol–water partition coefficient (Wildman–Crippen LogP) is 2.70. The number of nitro groups is 1. The first-order chi connectivity index (χ1) is 7.19. The zero-order valence-electron chi connectivity index (χ0n) is 8.60. The molecular formula is C11H13NO3. The van der Waals surface area contributed by atoms with Crippen molar-refractivity contribution in [2.45, 2.75) is 32.3 Å². The molecule has 4 heteroatoms. The molecule has 0 atom stereocenters. The molecule has 0 heterocycles. The summed E-state index contributed by atoms with van der Waals surface area (Å²) in [5.41, 5.74) is 1.06. The number of non-ortho nitro benzene ring substituents is 1. The zero-order chi connectivity index (χ0) is 10.8. The van der Waals surface area contributed by atoms with Crippen molar-refractivity contribution in [2.24, 2.45) is 0 Å². The van der Waals surface area contributed by atoms with E-state index in [4.69, 9.17) is 4.74 Å². The van der Waals surface area contributed by atoms with Gasteiger partial charge in [0.25, 0.3) is 5.69 Å². The van der Waals surface area contributed by atoms with Crippen molar-refractivity contribution in [3.63, 3.8) is 0 Å². The van der Waals surface area contributed by atoms with E-state index in [1.165, 1.54) is 6.07 Å². The highest BCUT2D eigenvalue weighted by Crippen LogP contribution is 2.30. The molecule has 80 valence electrons. The lowest BCUT2D eigenvalue weighted by Gasteiger charge is -2.05. The van der Waals surface area contributed by atoms with Crippen LogP contribution in [0.15, 0.2) is 18.2 Å². The Morgan fingerprint density at radius 1 is 1.47 bits per heavy atom. The second-order valence-electron chi connectivity index (χ2n) is 3.76. The van der Waals surface area contributed by atoms with Crippen LogP contribution in [0.2, 0.25) is 0 Å². The van der Waals surface area contributed by atoms with Crippen molar-refractivity contribution in [3.05, 3.63) is 33.9 Å².